The third-order valence-electron chi connectivity index (χ3n) is 3.27. The van der Waals surface area contributed by atoms with E-state index in [1.807, 2.05) is 0 Å². The smallest absolute Gasteiger partial charge is 0.407 e. The van der Waals surface area contributed by atoms with Crippen molar-refractivity contribution in [1.82, 2.24) is 5.32 Å². The van der Waals surface area contributed by atoms with E-state index in [4.69, 9.17) is 4.74 Å². The summed E-state index contributed by atoms with van der Waals surface area (Å²) in [6, 6.07) is 14.9. The summed E-state index contributed by atoms with van der Waals surface area (Å²) in [6.07, 6.45) is -0.786. The van der Waals surface area contributed by atoms with Gasteiger partial charge in [-0.2, -0.15) is 0 Å². The average Bonchev–Trinajstić information content (AvgIpc) is 2.95. The number of sulfonamides is 1. The van der Waals surface area contributed by atoms with Crippen LogP contribution in [0.15, 0.2) is 59.5 Å². The Labute approximate surface area is 128 Å². The average molecular weight is 318 g/mol. The molecule has 1 unspecified atom stereocenters. The van der Waals surface area contributed by atoms with Gasteiger partial charge in [-0.1, -0.05) is 30.3 Å². The Hall–Kier alpha value is -2.54. The molecule has 1 saturated heterocycles. The number of hydrogen-bond donors (Lipinski definition) is 2. The molecule has 1 fully saturated rings. The minimum atomic E-state index is -3.60. The van der Waals surface area contributed by atoms with E-state index < -0.39 is 16.1 Å². The van der Waals surface area contributed by atoms with Crippen LogP contribution in [0.5, 0.6) is 0 Å². The van der Waals surface area contributed by atoms with E-state index in [-0.39, 0.29) is 11.0 Å². The van der Waals surface area contributed by atoms with E-state index in [1.165, 1.54) is 12.1 Å². The zero-order chi connectivity index (χ0) is 15.6. The molecule has 2 aromatic rings. The Morgan fingerprint density at radius 3 is 2.32 bits per heavy atom. The van der Waals surface area contributed by atoms with Gasteiger partial charge in [0.25, 0.3) is 10.0 Å². The lowest BCUT2D eigenvalue weighted by molar-refractivity contribution is 0.141. The van der Waals surface area contributed by atoms with Crippen molar-refractivity contribution in [3.63, 3.8) is 0 Å². The molecule has 0 aromatic heterocycles. The molecule has 7 heteroatoms. The maximum atomic E-state index is 12.2. The van der Waals surface area contributed by atoms with Gasteiger partial charge in [0, 0.05) is 5.69 Å². The van der Waals surface area contributed by atoms with Crippen molar-refractivity contribution < 1.29 is 17.9 Å². The standard InChI is InChI=1S/C15H14N2O4S/c18-15-16-10-14(21-15)11-6-8-12(9-7-11)17-22(19,20)13-4-2-1-3-5-13/h1-9,14,17H,10H2,(H,16,18). The Bertz CT molecular complexity index is 773. The lowest BCUT2D eigenvalue weighted by atomic mass is 10.1. The number of hydrogen-bond acceptors (Lipinski definition) is 4. The highest BCUT2D eigenvalue weighted by Crippen LogP contribution is 2.23. The maximum absolute atomic E-state index is 12.2. The summed E-state index contributed by atoms with van der Waals surface area (Å²) in [5.74, 6) is 0. The van der Waals surface area contributed by atoms with Crippen LogP contribution in [0.3, 0.4) is 0 Å². The summed E-state index contributed by atoms with van der Waals surface area (Å²) >= 11 is 0. The number of anilines is 1. The van der Waals surface area contributed by atoms with Gasteiger partial charge in [-0.3, -0.25) is 4.72 Å². The summed E-state index contributed by atoms with van der Waals surface area (Å²) < 4.78 is 32.0. The lowest BCUT2D eigenvalue weighted by Crippen LogP contribution is -2.13. The highest BCUT2D eigenvalue weighted by atomic mass is 32.2. The van der Waals surface area contributed by atoms with Crippen molar-refractivity contribution in [3.8, 4) is 0 Å². The molecule has 1 heterocycles. The Morgan fingerprint density at radius 2 is 1.73 bits per heavy atom. The highest BCUT2D eigenvalue weighted by molar-refractivity contribution is 7.92. The van der Waals surface area contributed by atoms with Gasteiger partial charge in [0.2, 0.25) is 0 Å². The Kier molecular flexibility index (Phi) is 3.72. The number of rotatable bonds is 4. The molecule has 0 aliphatic carbocycles. The molecular weight excluding hydrogens is 304 g/mol. The van der Waals surface area contributed by atoms with Crippen LogP contribution in [0, 0.1) is 0 Å². The van der Waals surface area contributed by atoms with Gasteiger partial charge in [0.15, 0.2) is 0 Å². The second-order valence-corrected chi connectivity index (χ2v) is 6.50. The van der Waals surface area contributed by atoms with Crippen molar-refractivity contribution in [3.05, 3.63) is 60.2 Å². The molecule has 1 atom stereocenters. The van der Waals surface area contributed by atoms with Crippen molar-refractivity contribution in [2.45, 2.75) is 11.0 Å². The molecule has 1 amide bonds. The topological polar surface area (TPSA) is 84.5 Å². The first-order chi connectivity index (χ1) is 10.5. The number of ether oxygens (including phenoxy) is 1. The molecule has 22 heavy (non-hydrogen) atoms. The summed E-state index contributed by atoms with van der Waals surface area (Å²) in [5, 5.41) is 2.57. The molecule has 114 valence electrons. The molecule has 6 nitrogen and oxygen atoms in total. The number of nitrogens with one attached hydrogen (secondary N) is 2. The minimum absolute atomic E-state index is 0.202. The van der Waals surface area contributed by atoms with Crippen LogP contribution >= 0.6 is 0 Å². The Balaban J connectivity index is 1.75. The lowest BCUT2D eigenvalue weighted by Gasteiger charge is -2.11. The molecule has 1 aliphatic rings. The van der Waals surface area contributed by atoms with Crippen molar-refractivity contribution in [2.75, 3.05) is 11.3 Å². The quantitative estimate of drug-likeness (QED) is 0.905. The van der Waals surface area contributed by atoms with Crippen LogP contribution < -0.4 is 10.0 Å². The minimum Gasteiger partial charge on any atom is -0.439 e. The third kappa shape index (κ3) is 3.04. The number of benzene rings is 2. The summed E-state index contributed by atoms with van der Waals surface area (Å²) in [4.78, 5) is 11.2. The van der Waals surface area contributed by atoms with Crippen LogP contribution in [-0.4, -0.2) is 21.1 Å². The van der Waals surface area contributed by atoms with Gasteiger partial charge in [-0.15, -0.1) is 0 Å². The Morgan fingerprint density at radius 1 is 1.05 bits per heavy atom. The van der Waals surface area contributed by atoms with Gasteiger partial charge in [-0.05, 0) is 29.8 Å². The molecule has 0 bridgehead atoms. The van der Waals surface area contributed by atoms with E-state index in [2.05, 4.69) is 10.0 Å². The predicted octanol–water partition coefficient (Wildman–Crippen LogP) is 2.27. The van der Waals surface area contributed by atoms with E-state index in [0.29, 0.717) is 12.2 Å². The number of alkyl carbamates (subject to hydrolysis) is 1. The molecule has 0 spiro atoms. The highest BCUT2D eigenvalue weighted by Gasteiger charge is 2.24. The zero-order valence-electron chi connectivity index (χ0n) is 11.5. The van der Waals surface area contributed by atoms with E-state index >= 15 is 0 Å². The predicted molar refractivity (Wildman–Crippen MR) is 80.9 cm³/mol. The first kappa shape index (κ1) is 14.4. The zero-order valence-corrected chi connectivity index (χ0v) is 12.3. The van der Waals surface area contributed by atoms with Gasteiger partial charge >= 0.3 is 6.09 Å². The summed E-state index contributed by atoms with van der Waals surface area (Å²) in [5.41, 5.74) is 1.26. The fourth-order valence-electron chi connectivity index (χ4n) is 2.15. The van der Waals surface area contributed by atoms with Gasteiger partial charge in [0.05, 0.1) is 11.4 Å². The number of cyclic esters (lactones) is 1. The first-order valence-electron chi connectivity index (χ1n) is 6.67. The molecule has 2 N–H and O–H groups in total. The molecule has 2 aromatic carbocycles. The van der Waals surface area contributed by atoms with E-state index in [1.54, 1.807) is 42.5 Å². The van der Waals surface area contributed by atoms with E-state index in [0.717, 1.165) is 5.56 Å². The largest absolute Gasteiger partial charge is 0.439 e. The fraction of sp³-hybridized carbons (Fsp3) is 0.133. The van der Waals surface area contributed by atoms with Gasteiger partial charge < -0.3 is 10.1 Å². The number of carbonyl (C=O) groups is 1. The van der Waals surface area contributed by atoms with Crippen LogP contribution in [-0.2, 0) is 14.8 Å². The van der Waals surface area contributed by atoms with E-state index in [9.17, 15) is 13.2 Å². The first-order valence-corrected chi connectivity index (χ1v) is 8.15. The number of carbonyl (C=O) groups excluding carboxylic acids is 1. The maximum Gasteiger partial charge on any atom is 0.407 e. The van der Waals surface area contributed by atoms with Gasteiger partial charge in [0.1, 0.15) is 6.10 Å². The second-order valence-electron chi connectivity index (χ2n) is 4.82. The molecule has 0 saturated carbocycles. The normalized spacial score (nSPS) is 17.6. The van der Waals surface area contributed by atoms with Crippen LogP contribution in [0.1, 0.15) is 11.7 Å². The van der Waals surface area contributed by atoms with Gasteiger partial charge in [-0.25, -0.2) is 13.2 Å². The second kappa shape index (κ2) is 5.69. The molecular formula is C15H14N2O4S. The fourth-order valence-corrected chi connectivity index (χ4v) is 3.23. The third-order valence-corrected chi connectivity index (χ3v) is 4.67. The SMILES string of the molecule is O=C1NCC(c2ccc(NS(=O)(=O)c3ccccc3)cc2)O1. The van der Waals surface area contributed by atoms with Crippen LogP contribution in [0.25, 0.3) is 0 Å². The molecule has 1 aliphatic heterocycles. The monoisotopic (exact) mass is 318 g/mol. The van der Waals surface area contributed by atoms with Crippen molar-refractivity contribution >= 4 is 21.8 Å². The molecule has 0 radical (unpaired) electrons. The van der Waals surface area contributed by atoms with Crippen LogP contribution in [0.2, 0.25) is 0 Å². The summed E-state index contributed by atoms with van der Waals surface area (Å²) in [7, 11) is -3.60. The van der Waals surface area contributed by atoms with Crippen molar-refractivity contribution in [1.29, 1.82) is 0 Å². The summed E-state index contributed by atoms with van der Waals surface area (Å²) in [6.45, 7) is 0.411. The van der Waals surface area contributed by atoms with Crippen molar-refractivity contribution in [2.24, 2.45) is 0 Å². The molecule has 3 rings (SSSR count). The number of amides is 1. The van der Waals surface area contributed by atoms with Crippen LogP contribution in [0.4, 0.5) is 10.5 Å².